The van der Waals surface area contributed by atoms with E-state index in [1.165, 1.54) is 18.4 Å². The Morgan fingerprint density at radius 3 is 2.69 bits per heavy atom. The summed E-state index contributed by atoms with van der Waals surface area (Å²) in [4.78, 5) is 4.57. The molecular formula is C12H21N. The second kappa shape index (κ2) is 4.08. The van der Waals surface area contributed by atoms with E-state index < -0.39 is 0 Å². The largest absolute Gasteiger partial charge is 0.282 e. The molecule has 0 aromatic heterocycles. The maximum atomic E-state index is 4.57. The summed E-state index contributed by atoms with van der Waals surface area (Å²) in [7, 11) is 0. The van der Waals surface area contributed by atoms with Crippen molar-refractivity contribution in [1.29, 1.82) is 0 Å². The molecule has 0 saturated heterocycles. The Bertz CT molecular complexity index is 225. The van der Waals surface area contributed by atoms with Crippen LogP contribution in [0.1, 0.15) is 47.0 Å². The number of nitrogens with zero attached hydrogens (tertiary/aromatic N) is 1. The SMILES string of the molecule is CCC1=CC=NC1(C)CCC(C)C. The van der Waals surface area contributed by atoms with Gasteiger partial charge in [-0.15, -0.1) is 0 Å². The molecule has 1 rings (SSSR count). The van der Waals surface area contributed by atoms with Crippen LogP contribution in [-0.4, -0.2) is 11.8 Å². The lowest BCUT2D eigenvalue weighted by molar-refractivity contribution is 0.434. The summed E-state index contributed by atoms with van der Waals surface area (Å²) in [5.74, 6) is 0.783. The van der Waals surface area contributed by atoms with Crippen LogP contribution in [0.4, 0.5) is 0 Å². The molecule has 0 bridgehead atoms. The fourth-order valence-corrected chi connectivity index (χ4v) is 1.85. The van der Waals surface area contributed by atoms with Crippen molar-refractivity contribution in [1.82, 2.24) is 0 Å². The maximum Gasteiger partial charge on any atom is 0.0792 e. The summed E-state index contributed by atoms with van der Waals surface area (Å²) in [6.07, 6.45) is 7.75. The summed E-state index contributed by atoms with van der Waals surface area (Å²) in [6, 6.07) is 0. The van der Waals surface area contributed by atoms with Gasteiger partial charge in [-0.25, -0.2) is 0 Å². The molecule has 0 aliphatic carbocycles. The van der Waals surface area contributed by atoms with E-state index in [9.17, 15) is 0 Å². The molecule has 1 heterocycles. The number of allylic oxidation sites excluding steroid dienone is 1. The third-order valence-corrected chi connectivity index (χ3v) is 2.92. The van der Waals surface area contributed by atoms with Crippen molar-refractivity contribution < 1.29 is 0 Å². The highest BCUT2D eigenvalue weighted by molar-refractivity contribution is 5.77. The van der Waals surface area contributed by atoms with E-state index in [0.717, 1.165) is 12.3 Å². The molecule has 1 heteroatoms. The summed E-state index contributed by atoms with van der Waals surface area (Å²) in [5.41, 5.74) is 1.62. The number of hydrogen-bond donors (Lipinski definition) is 0. The molecule has 0 radical (unpaired) electrons. The summed E-state index contributed by atoms with van der Waals surface area (Å²) < 4.78 is 0. The van der Waals surface area contributed by atoms with E-state index in [0.29, 0.717) is 0 Å². The van der Waals surface area contributed by atoms with Gasteiger partial charge in [0.2, 0.25) is 0 Å². The van der Waals surface area contributed by atoms with Gasteiger partial charge < -0.3 is 0 Å². The number of aliphatic imine (C=N–C) groups is 1. The molecule has 1 atom stereocenters. The van der Waals surface area contributed by atoms with Crippen molar-refractivity contribution in [3.63, 3.8) is 0 Å². The van der Waals surface area contributed by atoms with Gasteiger partial charge in [-0.2, -0.15) is 0 Å². The normalized spacial score (nSPS) is 27.0. The van der Waals surface area contributed by atoms with Crippen molar-refractivity contribution in [2.45, 2.75) is 52.5 Å². The summed E-state index contributed by atoms with van der Waals surface area (Å²) in [6.45, 7) is 9.02. The predicted molar refractivity (Wildman–Crippen MR) is 59.3 cm³/mol. The quantitative estimate of drug-likeness (QED) is 0.625. The predicted octanol–water partition coefficient (Wildman–Crippen LogP) is 3.60. The first kappa shape index (κ1) is 10.5. The molecule has 74 valence electrons. The second-order valence-corrected chi connectivity index (χ2v) is 4.53. The van der Waals surface area contributed by atoms with E-state index in [1.807, 2.05) is 6.21 Å². The zero-order chi connectivity index (χ0) is 9.90. The van der Waals surface area contributed by atoms with E-state index in [1.54, 1.807) is 0 Å². The van der Waals surface area contributed by atoms with E-state index in [-0.39, 0.29) is 5.54 Å². The maximum absolute atomic E-state index is 4.57. The van der Waals surface area contributed by atoms with Crippen molar-refractivity contribution in [2.75, 3.05) is 0 Å². The Morgan fingerprint density at radius 1 is 1.46 bits per heavy atom. The standard InChI is InChI=1S/C12H21N/c1-5-11-7-9-13-12(11,4)8-6-10(2)3/h7,9-10H,5-6,8H2,1-4H3. The molecule has 0 aromatic rings. The van der Waals surface area contributed by atoms with E-state index in [4.69, 9.17) is 0 Å². The minimum atomic E-state index is 0.124. The molecule has 0 amide bonds. The number of rotatable bonds is 4. The van der Waals surface area contributed by atoms with Gasteiger partial charge in [-0.3, -0.25) is 4.99 Å². The lowest BCUT2D eigenvalue weighted by Crippen LogP contribution is -2.22. The fourth-order valence-electron chi connectivity index (χ4n) is 1.85. The van der Waals surface area contributed by atoms with Crippen molar-refractivity contribution in [3.8, 4) is 0 Å². The van der Waals surface area contributed by atoms with Crippen molar-refractivity contribution >= 4 is 6.21 Å². The topological polar surface area (TPSA) is 12.4 Å². The first-order valence-corrected chi connectivity index (χ1v) is 5.33. The molecule has 13 heavy (non-hydrogen) atoms. The molecule has 1 aliphatic rings. The van der Waals surface area contributed by atoms with Crippen LogP contribution in [0.3, 0.4) is 0 Å². The molecule has 0 fully saturated rings. The van der Waals surface area contributed by atoms with Crippen LogP contribution in [-0.2, 0) is 0 Å². The summed E-state index contributed by atoms with van der Waals surface area (Å²) >= 11 is 0. The zero-order valence-electron chi connectivity index (χ0n) is 9.30. The molecule has 0 aromatic carbocycles. The van der Waals surface area contributed by atoms with Gasteiger partial charge in [-0.1, -0.05) is 20.8 Å². The van der Waals surface area contributed by atoms with Gasteiger partial charge in [0, 0.05) is 6.21 Å². The van der Waals surface area contributed by atoms with Crippen LogP contribution >= 0.6 is 0 Å². The Kier molecular flexibility index (Phi) is 3.29. The third kappa shape index (κ3) is 2.43. The molecule has 1 nitrogen and oxygen atoms in total. The highest BCUT2D eigenvalue weighted by Crippen LogP contribution is 2.32. The highest BCUT2D eigenvalue weighted by atomic mass is 14.9. The van der Waals surface area contributed by atoms with Gasteiger partial charge in [0.15, 0.2) is 0 Å². The number of hydrogen-bond acceptors (Lipinski definition) is 1. The van der Waals surface area contributed by atoms with Gasteiger partial charge in [-0.05, 0) is 43.8 Å². The molecule has 0 spiro atoms. The first-order chi connectivity index (χ1) is 6.08. The molecular weight excluding hydrogens is 158 g/mol. The van der Waals surface area contributed by atoms with Gasteiger partial charge >= 0.3 is 0 Å². The zero-order valence-corrected chi connectivity index (χ0v) is 9.30. The Labute approximate surface area is 82.0 Å². The Hall–Kier alpha value is -0.590. The van der Waals surface area contributed by atoms with E-state index in [2.05, 4.69) is 38.8 Å². The van der Waals surface area contributed by atoms with Gasteiger partial charge in [0.25, 0.3) is 0 Å². The Morgan fingerprint density at radius 2 is 2.15 bits per heavy atom. The third-order valence-electron chi connectivity index (χ3n) is 2.92. The fraction of sp³-hybridized carbons (Fsp3) is 0.750. The average Bonchev–Trinajstić information content (AvgIpc) is 2.44. The van der Waals surface area contributed by atoms with Crippen LogP contribution in [0.5, 0.6) is 0 Å². The lowest BCUT2D eigenvalue weighted by Gasteiger charge is -2.25. The first-order valence-electron chi connectivity index (χ1n) is 5.33. The van der Waals surface area contributed by atoms with Crippen LogP contribution < -0.4 is 0 Å². The minimum Gasteiger partial charge on any atom is -0.282 e. The summed E-state index contributed by atoms with van der Waals surface area (Å²) in [5, 5.41) is 0. The second-order valence-electron chi connectivity index (χ2n) is 4.53. The van der Waals surface area contributed by atoms with Crippen molar-refractivity contribution in [3.05, 3.63) is 11.6 Å². The van der Waals surface area contributed by atoms with Gasteiger partial charge in [0.05, 0.1) is 5.54 Å². The molecule has 0 N–H and O–H groups in total. The minimum absolute atomic E-state index is 0.124. The van der Waals surface area contributed by atoms with Crippen LogP contribution in [0.15, 0.2) is 16.6 Å². The smallest absolute Gasteiger partial charge is 0.0792 e. The Balaban J connectivity index is 2.56. The van der Waals surface area contributed by atoms with E-state index >= 15 is 0 Å². The average molecular weight is 179 g/mol. The monoisotopic (exact) mass is 179 g/mol. The van der Waals surface area contributed by atoms with Crippen LogP contribution in [0, 0.1) is 5.92 Å². The molecule has 0 saturated carbocycles. The van der Waals surface area contributed by atoms with Crippen LogP contribution in [0.25, 0.3) is 0 Å². The van der Waals surface area contributed by atoms with Crippen LogP contribution in [0.2, 0.25) is 0 Å². The van der Waals surface area contributed by atoms with Crippen molar-refractivity contribution in [2.24, 2.45) is 10.9 Å². The lowest BCUT2D eigenvalue weighted by atomic mass is 9.85. The molecule has 1 unspecified atom stereocenters. The molecule has 1 aliphatic heterocycles. The van der Waals surface area contributed by atoms with Gasteiger partial charge in [0.1, 0.15) is 0 Å². The highest BCUT2D eigenvalue weighted by Gasteiger charge is 2.28.